The molecule has 1 aliphatic heterocycles. The van der Waals surface area contributed by atoms with Gasteiger partial charge in [0.05, 0.1) is 0 Å². The molecule has 118 valence electrons. The molecule has 20 heavy (non-hydrogen) atoms. The van der Waals surface area contributed by atoms with Crippen LogP contribution in [0.1, 0.15) is 47.5 Å². The summed E-state index contributed by atoms with van der Waals surface area (Å²) in [7, 11) is 0. The fourth-order valence-electron chi connectivity index (χ4n) is 3.14. The van der Waals surface area contributed by atoms with Crippen LogP contribution in [0.25, 0.3) is 0 Å². The molecule has 0 aromatic rings. The van der Waals surface area contributed by atoms with E-state index >= 15 is 0 Å². The standard InChI is InChI=1S/C17H35N3/c1-14(2)16(12-18-17(3,4)5)20-10-8-19(9-11-20)13-15-6-7-15/h14-16,18H,6-13H2,1-5H3. The van der Waals surface area contributed by atoms with E-state index in [1.807, 2.05) is 0 Å². The second-order valence-corrected chi connectivity index (χ2v) is 8.22. The molecule has 0 amide bonds. The van der Waals surface area contributed by atoms with E-state index in [9.17, 15) is 0 Å². The summed E-state index contributed by atoms with van der Waals surface area (Å²) in [6.07, 6.45) is 2.95. The van der Waals surface area contributed by atoms with Gasteiger partial charge in [0.1, 0.15) is 0 Å². The van der Waals surface area contributed by atoms with E-state index in [2.05, 4.69) is 49.7 Å². The molecule has 1 atom stereocenters. The van der Waals surface area contributed by atoms with Gasteiger partial charge in [-0.2, -0.15) is 0 Å². The summed E-state index contributed by atoms with van der Waals surface area (Å²) in [6.45, 7) is 19.0. The minimum atomic E-state index is 0.223. The third kappa shape index (κ3) is 5.34. The smallest absolute Gasteiger partial charge is 0.0244 e. The molecular weight excluding hydrogens is 246 g/mol. The van der Waals surface area contributed by atoms with Gasteiger partial charge >= 0.3 is 0 Å². The Balaban J connectivity index is 1.78. The molecule has 1 saturated carbocycles. The molecule has 2 fully saturated rings. The Morgan fingerprint density at radius 1 is 1.05 bits per heavy atom. The molecule has 2 aliphatic rings. The number of hydrogen-bond acceptors (Lipinski definition) is 3. The van der Waals surface area contributed by atoms with Gasteiger partial charge in [-0.25, -0.2) is 0 Å². The first-order valence-corrected chi connectivity index (χ1v) is 8.56. The molecule has 1 heterocycles. The summed E-state index contributed by atoms with van der Waals surface area (Å²) in [4.78, 5) is 5.40. The van der Waals surface area contributed by atoms with Crippen molar-refractivity contribution >= 4 is 0 Å². The maximum atomic E-state index is 3.70. The molecule has 1 N–H and O–H groups in total. The normalized spacial score (nSPS) is 24.3. The lowest BCUT2D eigenvalue weighted by Crippen LogP contribution is -2.56. The van der Waals surface area contributed by atoms with Crippen molar-refractivity contribution in [1.82, 2.24) is 15.1 Å². The summed E-state index contributed by atoms with van der Waals surface area (Å²) in [6, 6.07) is 0.678. The third-order valence-corrected chi connectivity index (χ3v) is 4.70. The molecule has 1 unspecified atom stereocenters. The summed E-state index contributed by atoms with van der Waals surface area (Å²) in [5, 5.41) is 3.70. The van der Waals surface area contributed by atoms with Gasteiger partial charge in [-0.1, -0.05) is 13.8 Å². The lowest BCUT2D eigenvalue weighted by atomic mass is 9.99. The third-order valence-electron chi connectivity index (χ3n) is 4.70. The van der Waals surface area contributed by atoms with Gasteiger partial charge in [-0.15, -0.1) is 0 Å². The molecule has 1 aliphatic carbocycles. The van der Waals surface area contributed by atoms with E-state index in [4.69, 9.17) is 0 Å². The van der Waals surface area contributed by atoms with Crippen LogP contribution in [0, 0.1) is 11.8 Å². The minimum Gasteiger partial charge on any atom is -0.311 e. The fraction of sp³-hybridized carbons (Fsp3) is 1.00. The average Bonchev–Trinajstić information content (AvgIpc) is 3.13. The number of piperazine rings is 1. The highest BCUT2D eigenvalue weighted by atomic mass is 15.3. The van der Waals surface area contributed by atoms with Crippen LogP contribution in [0.15, 0.2) is 0 Å². The average molecular weight is 281 g/mol. The largest absolute Gasteiger partial charge is 0.311 e. The Morgan fingerprint density at radius 3 is 2.10 bits per heavy atom. The molecule has 0 aromatic carbocycles. The van der Waals surface area contributed by atoms with E-state index in [-0.39, 0.29) is 5.54 Å². The molecule has 3 heteroatoms. The molecule has 0 bridgehead atoms. The van der Waals surface area contributed by atoms with Gasteiger partial charge < -0.3 is 10.2 Å². The van der Waals surface area contributed by atoms with Gasteiger partial charge in [-0.05, 0) is 45.4 Å². The Bertz CT molecular complexity index is 283. The van der Waals surface area contributed by atoms with Crippen molar-refractivity contribution in [2.24, 2.45) is 11.8 Å². The number of hydrogen-bond donors (Lipinski definition) is 1. The first kappa shape index (κ1) is 16.3. The Labute approximate surface area is 126 Å². The Morgan fingerprint density at radius 2 is 1.65 bits per heavy atom. The Kier molecular flexibility index (Phi) is 5.49. The summed E-state index contributed by atoms with van der Waals surface area (Å²) < 4.78 is 0. The van der Waals surface area contributed by atoms with Crippen molar-refractivity contribution in [2.45, 2.75) is 59.0 Å². The lowest BCUT2D eigenvalue weighted by Gasteiger charge is -2.42. The van der Waals surface area contributed by atoms with Crippen LogP contribution >= 0.6 is 0 Å². The topological polar surface area (TPSA) is 18.5 Å². The van der Waals surface area contributed by atoms with Crippen molar-refractivity contribution in [1.29, 1.82) is 0 Å². The monoisotopic (exact) mass is 281 g/mol. The number of nitrogens with zero attached hydrogens (tertiary/aromatic N) is 2. The van der Waals surface area contributed by atoms with E-state index in [0.717, 1.165) is 18.4 Å². The van der Waals surface area contributed by atoms with Crippen LogP contribution < -0.4 is 5.32 Å². The van der Waals surface area contributed by atoms with E-state index in [1.165, 1.54) is 45.6 Å². The first-order valence-electron chi connectivity index (χ1n) is 8.56. The van der Waals surface area contributed by atoms with Crippen LogP contribution in [0.4, 0.5) is 0 Å². The van der Waals surface area contributed by atoms with Gasteiger partial charge in [0.15, 0.2) is 0 Å². The first-order chi connectivity index (χ1) is 9.35. The van der Waals surface area contributed by atoms with Crippen LogP contribution in [0.5, 0.6) is 0 Å². The summed E-state index contributed by atoms with van der Waals surface area (Å²) >= 11 is 0. The van der Waals surface area contributed by atoms with Crippen LogP contribution in [0.3, 0.4) is 0 Å². The highest BCUT2D eigenvalue weighted by Crippen LogP contribution is 2.30. The van der Waals surface area contributed by atoms with Gasteiger partial charge in [0.25, 0.3) is 0 Å². The van der Waals surface area contributed by atoms with Crippen LogP contribution in [-0.2, 0) is 0 Å². The van der Waals surface area contributed by atoms with Crippen molar-refractivity contribution in [3.63, 3.8) is 0 Å². The van der Waals surface area contributed by atoms with Gasteiger partial charge in [0.2, 0.25) is 0 Å². The van der Waals surface area contributed by atoms with Gasteiger partial charge in [-0.3, -0.25) is 4.90 Å². The Hall–Kier alpha value is -0.120. The van der Waals surface area contributed by atoms with Crippen molar-refractivity contribution in [3.05, 3.63) is 0 Å². The van der Waals surface area contributed by atoms with Crippen molar-refractivity contribution < 1.29 is 0 Å². The number of rotatable bonds is 6. The van der Waals surface area contributed by atoms with E-state index in [1.54, 1.807) is 0 Å². The lowest BCUT2D eigenvalue weighted by molar-refractivity contribution is 0.0706. The molecule has 1 saturated heterocycles. The van der Waals surface area contributed by atoms with E-state index < -0.39 is 0 Å². The molecule has 0 spiro atoms. The maximum Gasteiger partial charge on any atom is 0.0244 e. The summed E-state index contributed by atoms with van der Waals surface area (Å²) in [5.74, 6) is 1.75. The zero-order valence-electron chi connectivity index (χ0n) is 14.3. The zero-order valence-corrected chi connectivity index (χ0v) is 14.3. The fourth-order valence-corrected chi connectivity index (χ4v) is 3.14. The molecular formula is C17H35N3. The van der Waals surface area contributed by atoms with Crippen LogP contribution in [-0.4, -0.2) is 60.6 Å². The van der Waals surface area contributed by atoms with Crippen molar-refractivity contribution in [2.75, 3.05) is 39.3 Å². The van der Waals surface area contributed by atoms with E-state index in [0.29, 0.717) is 6.04 Å². The molecule has 3 nitrogen and oxygen atoms in total. The molecule has 2 rings (SSSR count). The zero-order chi connectivity index (χ0) is 14.8. The quantitative estimate of drug-likeness (QED) is 0.807. The predicted molar refractivity (Wildman–Crippen MR) is 87.1 cm³/mol. The second-order valence-electron chi connectivity index (χ2n) is 8.22. The number of nitrogens with one attached hydrogen (secondary N) is 1. The van der Waals surface area contributed by atoms with Crippen molar-refractivity contribution in [3.8, 4) is 0 Å². The maximum absolute atomic E-state index is 3.70. The highest BCUT2D eigenvalue weighted by Gasteiger charge is 2.29. The molecule has 0 aromatic heterocycles. The minimum absolute atomic E-state index is 0.223. The predicted octanol–water partition coefficient (Wildman–Crippen LogP) is 2.43. The second kappa shape index (κ2) is 6.76. The SMILES string of the molecule is CC(C)C(CNC(C)(C)C)N1CCN(CC2CC2)CC1. The van der Waals surface area contributed by atoms with Crippen LogP contribution in [0.2, 0.25) is 0 Å². The summed E-state index contributed by atoms with van der Waals surface area (Å²) in [5.41, 5.74) is 0.223. The highest BCUT2D eigenvalue weighted by molar-refractivity contribution is 4.86. The van der Waals surface area contributed by atoms with Gasteiger partial charge in [0, 0.05) is 50.8 Å². The molecule has 0 radical (unpaired) electrons.